The van der Waals surface area contributed by atoms with Crippen LogP contribution in [0, 0.1) is 0 Å². The third-order valence-electron chi connectivity index (χ3n) is 2.99. The SMILES string of the molecule is Cn1cc(CCC(=O)CCc2ccccc2)cn1. The molecule has 0 saturated carbocycles. The molecule has 3 heteroatoms. The Labute approximate surface area is 107 Å². The highest BCUT2D eigenvalue weighted by Crippen LogP contribution is 2.07. The molecule has 0 aliphatic heterocycles. The second kappa shape index (κ2) is 6.15. The first kappa shape index (κ1) is 12.6. The highest BCUT2D eigenvalue weighted by atomic mass is 16.1. The van der Waals surface area contributed by atoms with E-state index in [1.807, 2.05) is 37.6 Å². The van der Waals surface area contributed by atoms with Gasteiger partial charge in [0.1, 0.15) is 5.78 Å². The number of aromatic nitrogens is 2. The van der Waals surface area contributed by atoms with Crippen LogP contribution in [0.3, 0.4) is 0 Å². The third-order valence-corrected chi connectivity index (χ3v) is 2.99. The zero-order valence-electron chi connectivity index (χ0n) is 10.7. The van der Waals surface area contributed by atoms with Crippen molar-refractivity contribution in [2.24, 2.45) is 7.05 Å². The van der Waals surface area contributed by atoms with Gasteiger partial charge in [-0.3, -0.25) is 9.48 Å². The summed E-state index contributed by atoms with van der Waals surface area (Å²) in [4.78, 5) is 11.8. The van der Waals surface area contributed by atoms with E-state index < -0.39 is 0 Å². The van der Waals surface area contributed by atoms with E-state index in [-0.39, 0.29) is 0 Å². The number of nitrogens with zero attached hydrogens (tertiary/aromatic N) is 2. The highest BCUT2D eigenvalue weighted by molar-refractivity contribution is 5.78. The number of hydrogen-bond donors (Lipinski definition) is 0. The lowest BCUT2D eigenvalue weighted by molar-refractivity contribution is -0.119. The van der Waals surface area contributed by atoms with Crippen LogP contribution in [-0.2, 0) is 24.7 Å². The fraction of sp³-hybridized carbons (Fsp3) is 0.333. The molecule has 2 rings (SSSR count). The Morgan fingerprint density at radius 2 is 1.78 bits per heavy atom. The van der Waals surface area contributed by atoms with Gasteiger partial charge in [-0.25, -0.2) is 0 Å². The van der Waals surface area contributed by atoms with Gasteiger partial charge >= 0.3 is 0 Å². The van der Waals surface area contributed by atoms with Crippen molar-refractivity contribution < 1.29 is 4.79 Å². The van der Waals surface area contributed by atoms with Crippen molar-refractivity contribution in [2.45, 2.75) is 25.7 Å². The summed E-state index contributed by atoms with van der Waals surface area (Å²) in [6.07, 6.45) is 6.66. The molecule has 0 atom stereocenters. The Balaban J connectivity index is 1.73. The maximum absolute atomic E-state index is 11.8. The molecule has 0 amide bonds. The zero-order valence-corrected chi connectivity index (χ0v) is 10.7. The van der Waals surface area contributed by atoms with E-state index in [0.717, 1.165) is 18.4 Å². The molecule has 0 radical (unpaired) electrons. The standard InChI is InChI=1S/C15H18N2O/c1-17-12-14(11-16-17)8-10-15(18)9-7-13-5-3-2-4-6-13/h2-6,11-12H,7-10H2,1H3. The van der Waals surface area contributed by atoms with E-state index in [1.54, 1.807) is 4.68 Å². The number of benzene rings is 1. The van der Waals surface area contributed by atoms with Crippen LogP contribution in [0.5, 0.6) is 0 Å². The molecule has 1 heterocycles. The van der Waals surface area contributed by atoms with Gasteiger partial charge in [0.15, 0.2) is 0 Å². The monoisotopic (exact) mass is 242 g/mol. The fourth-order valence-electron chi connectivity index (χ4n) is 1.94. The van der Waals surface area contributed by atoms with E-state index >= 15 is 0 Å². The minimum atomic E-state index is 0.322. The zero-order chi connectivity index (χ0) is 12.8. The molecule has 0 saturated heterocycles. The van der Waals surface area contributed by atoms with E-state index in [4.69, 9.17) is 0 Å². The van der Waals surface area contributed by atoms with Crippen molar-refractivity contribution in [3.63, 3.8) is 0 Å². The number of carbonyl (C=O) groups is 1. The van der Waals surface area contributed by atoms with Crippen LogP contribution < -0.4 is 0 Å². The molecule has 3 nitrogen and oxygen atoms in total. The topological polar surface area (TPSA) is 34.9 Å². The van der Waals surface area contributed by atoms with E-state index in [1.165, 1.54) is 5.56 Å². The molecule has 1 aromatic heterocycles. The second-order valence-electron chi connectivity index (χ2n) is 4.55. The first-order valence-electron chi connectivity index (χ1n) is 6.27. The van der Waals surface area contributed by atoms with Crippen LogP contribution in [-0.4, -0.2) is 15.6 Å². The Kier molecular flexibility index (Phi) is 4.29. The lowest BCUT2D eigenvalue weighted by Gasteiger charge is -2.00. The molecular formula is C15H18N2O. The number of carbonyl (C=O) groups excluding carboxylic acids is 1. The Hall–Kier alpha value is -1.90. The minimum Gasteiger partial charge on any atom is -0.300 e. The summed E-state index contributed by atoms with van der Waals surface area (Å²) < 4.78 is 1.77. The van der Waals surface area contributed by atoms with Gasteiger partial charge < -0.3 is 0 Å². The molecular weight excluding hydrogens is 224 g/mol. The van der Waals surface area contributed by atoms with Crippen LogP contribution in [0.15, 0.2) is 42.7 Å². The van der Waals surface area contributed by atoms with Gasteiger partial charge in [0.25, 0.3) is 0 Å². The maximum atomic E-state index is 11.8. The molecule has 0 N–H and O–H groups in total. The molecule has 18 heavy (non-hydrogen) atoms. The summed E-state index contributed by atoms with van der Waals surface area (Å²) in [6.45, 7) is 0. The number of Topliss-reactive ketones (excluding diaryl/α,β-unsaturated/α-hetero) is 1. The molecule has 0 fully saturated rings. The Morgan fingerprint density at radius 1 is 1.11 bits per heavy atom. The maximum Gasteiger partial charge on any atom is 0.133 e. The molecule has 0 unspecified atom stereocenters. The number of rotatable bonds is 6. The molecule has 94 valence electrons. The molecule has 1 aromatic carbocycles. The average molecular weight is 242 g/mol. The second-order valence-corrected chi connectivity index (χ2v) is 4.55. The van der Waals surface area contributed by atoms with E-state index in [9.17, 15) is 4.79 Å². The van der Waals surface area contributed by atoms with Gasteiger partial charge in [0, 0.05) is 26.1 Å². The smallest absolute Gasteiger partial charge is 0.133 e. The first-order valence-corrected chi connectivity index (χ1v) is 6.27. The van der Waals surface area contributed by atoms with Gasteiger partial charge in [-0.05, 0) is 24.0 Å². The largest absolute Gasteiger partial charge is 0.300 e. The van der Waals surface area contributed by atoms with Crippen LogP contribution in [0.25, 0.3) is 0 Å². The summed E-state index contributed by atoms with van der Waals surface area (Å²) in [5, 5.41) is 4.09. The molecule has 0 aliphatic rings. The molecule has 0 bridgehead atoms. The van der Waals surface area contributed by atoms with Crippen molar-refractivity contribution in [1.82, 2.24) is 9.78 Å². The van der Waals surface area contributed by atoms with E-state index in [2.05, 4.69) is 17.2 Å². The van der Waals surface area contributed by atoms with Crippen molar-refractivity contribution in [3.05, 3.63) is 53.9 Å². The number of aryl methyl sites for hydroxylation is 3. The van der Waals surface area contributed by atoms with Gasteiger partial charge in [0.05, 0.1) is 6.20 Å². The normalized spacial score (nSPS) is 10.5. The van der Waals surface area contributed by atoms with Crippen molar-refractivity contribution in [2.75, 3.05) is 0 Å². The van der Waals surface area contributed by atoms with Crippen LogP contribution in [0.4, 0.5) is 0 Å². The Morgan fingerprint density at radius 3 is 2.39 bits per heavy atom. The van der Waals surface area contributed by atoms with Gasteiger partial charge in [0.2, 0.25) is 0 Å². The quantitative estimate of drug-likeness (QED) is 0.780. The van der Waals surface area contributed by atoms with Crippen LogP contribution in [0.2, 0.25) is 0 Å². The van der Waals surface area contributed by atoms with Gasteiger partial charge in [-0.2, -0.15) is 5.10 Å². The van der Waals surface area contributed by atoms with Crippen molar-refractivity contribution in [1.29, 1.82) is 0 Å². The highest BCUT2D eigenvalue weighted by Gasteiger charge is 2.04. The molecule has 0 spiro atoms. The predicted molar refractivity (Wildman–Crippen MR) is 71.3 cm³/mol. The van der Waals surface area contributed by atoms with Gasteiger partial charge in [-0.15, -0.1) is 0 Å². The lowest BCUT2D eigenvalue weighted by Crippen LogP contribution is -2.01. The molecule has 0 aliphatic carbocycles. The summed E-state index contributed by atoms with van der Waals surface area (Å²) in [5.41, 5.74) is 2.36. The van der Waals surface area contributed by atoms with E-state index in [0.29, 0.717) is 18.6 Å². The summed E-state index contributed by atoms with van der Waals surface area (Å²) in [5.74, 6) is 0.322. The third kappa shape index (κ3) is 3.84. The van der Waals surface area contributed by atoms with Crippen LogP contribution in [0.1, 0.15) is 24.0 Å². The summed E-state index contributed by atoms with van der Waals surface area (Å²) in [6, 6.07) is 10.1. The Bertz CT molecular complexity index is 502. The van der Waals surface area contributed by atoms with Gasteiger partial charge in [-0.1, -0.05) is 30.3 Å². The predicted octanol–water partition coefficient (Wildman–Crippen LogP) is 2.55. The summed E-state index contributed by atoms with van der Waals surface area (Å²) in [7, 11) is 1.89. The van der Waals surface area contributed by atoms with Crippen LogP contribution >= 0.6 is 0 Å². The number of ketones is 1. The average Bonchev–Trinajstić information content (AvgIpc) is 2.81. The minimum absolute atomic E-state index is 0.322. The van der Waals surface area contributed by atoms with Crippen molar-refractivity contribution >= 4 is 5.78 Å². The lowest BCUT2D eigenvalue weighted by atomic mass is 10.0. The number of hydrogen-bond acceptors (Lipinski definition) is 2. The summed E-state index contributed by atoms with van der Waals surface area (Å²) >= 11 is 0. The van der Waals surface area contributed by atoms with Crippen molar-refractivity contribution in [3.8, 4) is 0 Å². The fourth-order valence-corrected chi connectivity index (χ4v) is 1.94. The molecule has 2 aromatic rings. The first-order chi connectivity index (χ1) is 8.74.